The van der Waals surface area contributed by atoms with Crippen LogP contribution in [0.2, 0.25) is 0 Å². The molecule has 0 bridgehead atoms. The third-order valence-corrected chi connectivity index (χ3v) is 6.66. The van der Waals surface area contributed by atoms with Crippen molar-refractivity contribution >= 4 is 11.9 Å². The minimum Gasteiger partial charge on any atom is -0.462 e. The van der Waals surface area contributed by atoms with Gasteiger partial charge in [0.15, 0.2) is 0 Å². The lowest BCUT2D eigenvalue weighted by Gasteiger charge is -2.40. The lowest BCUT2D eigenvalue weighted by Crippen LogP contribution is -2.55. The van der Waals surface area contributed by atoms with E-state index in [1.165, 1.54) is 6.07 Å². The Bertz CT molecular complexity index is 1200. The van der Waals surface area contributed by atoms with E-state index in [0.717, 1.165) is 11.1 Å². The van der Waals surface area contributed by atoms with Gasteiger partial charge in [0.1, 0.15) is 30.5 Å². The van der Waals surface area contributed by atoms with Crippen molar-refractivity contribution in [3.8, 4) is 11.1 Å². The Kier molecular flexibility index (Phi) is 8.76. The van der Waals surface area contributed by atoms with Crippen LogP contribution in [0.4, 0.5) is 0 Å². The third-order valence-electron chi connectivity index (χ3n) is 6.66. The Morgan fingerprint density at radius 3 is 1.95 bits per heavy atom. The van der Waals surface area contributed by atoms with Crippen molar-refractivity contribution in [2.45, 2.75) is 50.8 Å². The molecule has 5 atom stereocenters. The molecule has 0 aromatic heterocycles. The smallest absolute Gasteiger partial charge is 0.338 e. The van der Waals surface area contributed by atoms with Crippen LogP contribution in [0.1, 0.15) is 57.4 Å². The molecule has 1 aliphatic heterocycles. The molecular formula is C29H32O9. The van der Waals surface area contributed by atoms with Gasteiger partial charge in [-0.25, -0.2) is 9.59 Å². The highest BCUT2D eigenvalue weighted by molar-refractivity contribution is 6.08. The molecule has 1 aromatic rings. The molecule has 2 aliphatic carbocycles. The van der Waals surface area contributed by atoms with Gasteiger partial charge in [0.2, 0.25) is 0 Å². The molecule has 0 amide bonds. The van der Waals surface area contributed by atoms with Gasteiger partial charge in [-0.2, -0.15) is 0 Å². The first-order chi connectivity index (χ1) is 18.3. The summed E-state index contributed by atoms with van der Waals surface area (Å²) in [5.41, 5.74) is 4.08. The first-order valence-electron chi connectivity index (χ1n) is 12.6. The standard InChI is InChI=1S/C29H32O9/c1-3-36-28(34)21-14-22(29(35)37-4-2)20-11-9-16(8-10-19(20)21)12-17-6-5-7-18(13-17)27-26(33)25(32)24(31)23(15-30)38-27/h5-11,13-14,23-27,30-33H,3-4,12,15H2,1-2H3/t23-,24-,25+,26-,27+/m1/s1. The molecule has 1 heterocycles. The van der Waals surface area contributed by atoms with Crippen LogP contribution in [0.15, 0.2) is 54.6 Å². The van der Waals surface area contributed by atoms with E-state index in [1.807, 2.05) is 24.3 Å². The minimum atomic E-state index is -1.46. The van der Waals surface area contributed by atoms with Crippen LogP contribution < -0.4 is 0 Å². The molecule has 0 saturated carbocycles. The predicted molar refractivity (Wildman–Crippen MR) is 137 cm³/mol. The maximum atomic E-state index is 12.6. The number of aliphatic hydroxyl groups is 4. The summed E-state index contributed by atoms with van der Waals surface area (Å²) in [6.45, 7) is 3.33. The Balaban J connectivity index is 1.65. The number of aliphatic hydroxyl groups excluding tert-OH is 4. The largest absolute Gasteiger partial charge is 0.462 e. The van der Waals surface area contributed by atoms with E-state index in [1.54, 1.807) is 38.1 Å². The van der Waals surface area contributed by atoms with Crippen molar-refractivity contribution < 1.29 is 44.2 Å². The first kappa shape index (κ1) is 27.7. The van der Waals surface area contributed by atoms with Crippen LogP contribution in [0, 0.1) is 0 Å². The molecular weight excluding hydrogens is 492 g/mol. The molecule has 0 radical (unpaired) electrons. The highest BCUT2D eigenvalue weighted by atomic mass is 16.5. The van der Waals surface area contributed by atoms with E-state index < -0.39 is 49.1 Å². The maximum Gasteiger partial charge on any atom is 0.338 e. The van der Waals surface area contributed by atoms with Gasteiger partial charge in [-0.1, -0.05) is 48.5 Å². The SMILES string of the molecule is CCOC(=O)c1cc(C(=O)OCC)c2ccc(Cc3cccc([C@@H]4O[C@H](CO)[C@@H](O)[C@H](O)[C@H]4O)c3)ccc1-2. The number of carbonyl (C=O) groups is 2. The van der Waals surface area contributed by atoms with Gasteiger partial charge < -0.3 is 34.6 Å². The Labute approximate surface area is 220 Å². The molecule has 202 valence electrons. The number of fused-ring (bicyclic) bond motifs is 1. The van der Waals surface area contributed by atoms with Crippen LogP contribution >= 0.6 is 0 Å². The zero-order valence-electron chi connectivity index (χ0n) is 21.2. The first-order valence-corrected chi connectivity index (χ1v) is 12.6. The van der Waals surface area contributed by atoms with E-state index in [-0.39, 0.29) is 24.3 Å². The molecule has 9 heteroatoms. The lowest BCUT2D eigenvalue weighted by atomic mass is 9.90. The monoisotopic (exact) mass is 524 g/mol. The number of hydrogen-bond donors (Lipinski definition) is 4. The average molecular weight is 525 g/mol. The molecule has 1 fully saturated rings. The Hall–Kier alpha value is -3.34. The molecule has 3 aliphatic rings. The van der Waals surface area contributed by atoms with E-state index in [4.69, 9.17) is 14.2 Å². The van der Waals surface area contributed by atoms with Crippen molar-refractivity contribution in [1.29, 1.82) is 0 Å². The van der Waals surface area contributed by atoms with E-state index in [2.05, 4.69) is 0 Å². The molecule has 1 aromatic carbocycles. The maximum absolute atomic E-state index is 12.6. The van der Waals surface area contributed by atoms with Crippen molar-refractivity contribution in [1.82, 2.24) is 0 Å². The van der Waals surface area contributed by atoms with Gasteiger partial charge in [-0.15, -0.1) is 0 Å². The summed E-state index contributed by atoms with van der Waals surface area (Å²) in [7, 11) is 0. The van der Waals surface area contributed by atoms with Crippen LogP contribution in [0.25, 0.3) is 11.1 Å². The summed E-state index contributed by atoms with van der Waals surface area (Å²) in [5, 5.41) is 40.2. The summed E-state index contributed by atoms with van der Waals surface area (Å²) in [6.07, 6.45) is -5.71. The van der Waals surface area contributed by atoms with Gasteiger partial charge >= 0.3 is 11.9 Å². The molecule has 38 heavy (non-hydrogen) atoms. The van der Waals surface area contributed by atoms with Crippen molar-refractivity contribution in [2.24, 2.45) is 0 Å². The zero-order valence-corrected chi connectivity index (χ0v) is 21.2. The zero-order chi connectivity index (χ0) is 27.4. The van der Waals surface area contributed by atoms with E-state index >= 15 is 0 Å². The Morgan fingerprint density at radius 1 is 0.789 bits per heavy atom. The van der Waals surface area contributed by atoms with Crippen LogP contribution in [0.5, 0.6) is 0 Å². The summed E-state index contributed by atoms with van der Waals surface area (Å²) < 4.78 is 16.1. The van der Waals surface area contributed by atoms with Crippen LogP contribution in [-0.4, -0.2) is 76.6 Å². The number of hydrogen-bond acceptors (Lipinski definition) is 9. The van der Waals surface area contributed by atoms with Gasteiger partial charge in [-0.3, -0.25) is 0 Å². The lowest BCUT2D eigenvalue weighted by molar-refractivity contribution is -0.231. The summed E-state index contributed by atoms with van der Waals surface area (Å²) in [6, 6.07) is 16.0. The van der Waals surface area contributed by atoms with Crippen molar-refractivity contribution in [3.63, 3.8) is 0 Å². The van der Waals surface area contributed by atoms with Gasteiger partial charge in [0.05, 0.1) is 30.9 Å². The number of carbonyl (C=O) groups excluding carboxylic acids is 2. The van der Waals surface area contributed by atoms with Gasteiger partial charge in [0, 0.05) is 0 Å². The second-order valence-electron chi connectivity index (χ2n) is 9.15. The number of rotatable bonds is 8. The normalized spacial score (nSPS) is 23.3. The molecule has 1 saturated heterocycles. The molecule has 0 spiro atoms. The third kappa shape index (κ3) is 5.57. The molecule has 9 nitrogen and oxygen atoms in total. The highest BCUT2D eigenvalue weighted by Gasteiger charge is 2.43. The van der Waals surface area contributed by atoms with Gasteiger partial charge in [-0.05, 0) is 54.2 Å². The van der Waals surface area contributed by atoms with Crippen molar-refractivity contribution in [2.75, 3.05) is 19.8 Å². The predicted octanol–water partition coefficient (Wildman–Crippen LogP) is 2.25. The molecule has 4 N–H and O–H groups in total. The quantitative estimate of drug-likeness (QED) is 0.326. The number of benzene rings is 1. The number of ether oxygens (including phenoxy) is 3. The van der Waals surface area contributed by atoms with E-state index in [9.17, 15) is 30.0 Å². The topological polar surface area (TPSA) is 143 Å². The van der Waals surface area contributed by atoms with Crippen LogP contribution in [-0.2, 0) is 20.6 Å². The Morgan fingerprint density at radius 2 is 1.39 bits per heavy atom. The van der Waals surface area contributed by atoms with Crippen molar-refractivity contribution in [3.05, 3.63) is 82.4 Å². The second kappa shape index (κ2) is 12.0. The van der Waals surface area contributed by atoms with Crippen LogP contribution in [0.3, 0.4) is 0 Å². The summed E-state index contributed by atoms with van der Waals surface area (Å²) in [4.78, 5) is 25.2. The average Bonchev–Trinajstić information content (AvgIpc) is 3.16. The fourth-order valence-corrected chi connectivity index (χ4v) is 4.75. The molecule has 4 rings (SSSR count). The number of esters is 2. The van der Waals surface area contributed by atoms with E-state index in [0.29, 0.717) is 23.1 Å². The minimum absolute atomic E-state index is 0.204. The summed E-state index contributed by atoms with van der Waals surface area (Å²) >= 11 is 0. The summed E-state index contributed by atoms with van der Waals surface area (Å²) in [5.74, 6) is -1.04. The molecule has 0 unspecified atom stereocenters. The van der Waals surface area contributed by atoms with Gasteiger partial charge in [0.25, 0.3) is 0 Å². The fraction of sp³-hybridized carbons (Fsp3) is 0.379. The highest BCUT2D eigenvalue weighted by Crippen LogP contribution is 2.35. The second-order valence-corrected chi connectivity index (χ2v) is 9.15. The fourth-order valence-electron chi connectivity index (χ4n) is 4.75.